The van der Waals surface area contributed by atoms with Gasteiger partial charge in [0.05, 0.1) is 15.9 Å². The second-order valence-electron chi connectivity index (χ2n) is 5.11. The minimum Gasteiger partial charge on any atom is -0.382 e. The fourth-order valence-electron chi connectivity index (χ4n) is 2.18. The van der Waals surface area contributed by atoms with Crippen LogP contribution in [0.2, 0.25) is 0 Å². The third-order valence-electron chi connectivity index (χ3n) is 3.42. The molecule has 0 radical (unpaired) electrons. The molecule has 7 heteroatoms. The minimum absolute atomic E-state index is 0.148. The van der Waals surface area contributed by atoms with E-state index in [0.29, 0.717) is 0 Å². The number of hydrogen-bond acceptors (Lipinski definition) is 6. The number of nitrogens with two attached hydrogens (primary N) is 1. The zero-order valence-electron chi connectivity index (χ0n) is 12.9. The molecule has 0 aliphatic rings. The average molecular weight is 334 g/mol. The summed E-state index contributed by atoms with van der Waals surface area (Å²) < 4.78 is 1.15. The van der Waals surface area contributed by atoms with Gasteiger partial charge in [-0.15, -0.1) is 11.3 Å². The number of nitriles is 1. The van der Waals surface area contributed by atoms with Crippen LogP contribution >= 0.6 is 11.3 Å². The van der Waals surface area contributed by atoms with Gasteiger partial charge >= 0.3 is 0 Å². The first-order chi connectivity index (χ1) is 11.6. The molecular formula is C17H14N6S. The van der Waals surface area contributed by atoms with E-state index >= 15 is 0 Å². The van der Waals surface area contributed by atoms with Crippen LogP contribution in [-0.2, 0) is 0 Å². The van der Waals surface area contributed by atoms with Crippen molar-refractivity contribution in [3.63, 3.8) is 0 Å². The number of amidine groups is 1. The fourth-order valence-corrected chi connectivity index (χ4v) is 3.14. The van der Waals surface area contributed by atoms with Crippen molar-refractivity contribution in [2.45, 2.75) is 6.92 Å². The van der Waals surface area contributed by atoms with Crippen LogP contribution in [0.25, 0.3) is 20.8 Å². The van der Waals surface area contributed by atoms with Gasteiger partial charge in [0.2, 0.25) is 5.71 Å². The second-order valence-corrected chi connectivity index (χ2v) is 6.14. The van der Waals surface area contributed by atoms with Crippen molar-refractivity contribution in [1.29, 1.82) is 10.7 Å². The van der Waals surface area contributed by atoms with Crippen molar-refractivity contribution >= 4 is 38.8 Å². The third-order valence-corrected chi connectivity index (χ3v) is 4.50. The Morgan fingerprint density at radius 2 is 2.12 bits per heavy atom. The molecule has 0 spiro atoms. The highest BCUT2D eigenvalue weighted by atomic mass is 32.1. The van der Waals surface area contributed by atoms with Crippen LogP contribution in [0.15, 0.2) is 47.6 Å². The first-order valence-electron chi connectivity index (χ1n) is 7.13. The summed E-state index contributed by atoms with van der Waals surface area (Å²) >= 11 is 1.64. The fraction of sp³-hybridized carbons (Fsp3) is 0.0588. The Balaban J connectivity index is 1.90. The molecule has 1 heterocycles. The Morgan fingerprint density at radius 3 is 2.79 bits per heavy atom. The highest BCUT2D eigenvalue weighted by Crippen LogP contribution is 2.31. The molecule has 0 aliphatic heterocycles. The number of hydrazone groups is 1. The Morgan fingerprint density at radius 1 is 1.33 bits per heavy atom. The number of anilines is 1. The van der Waals surface area contributed by atoms with Gasteiger partial charge in [0.15, 0.2) is 5.84 Å². The average Bonchev–Trinajstić information content (AvgIpc) is 3.00. The molecule has 6 nitrogen and oxygen atoms in total. The molecule has 0 fully saturated rings. The maximum absolute atomic E-state index is 8.86. The zero-order chi connectivity index (χ0) is 17.1. The van der Waals surface area contributed by atoms with Gasteiger partial charge in [-0.2, -0.15) is 10.4 Å². The molecule has 0 saturated carbocycles. The molecule has 0 unspecified atom stereocenters. The summed E-state index contributed by atoms with van der Waals surface area (Å²) in [7, 11) is 0. The first-order valence-corrected chi connectivity index (χ1v) is 7.95. The molecule has 0 bridgehead atoms. The lowest BCUT2D eigenvalue weighted by Crippen LogP contribution is -2.21. The first kappa shape index (κ1) is 15.6. The van der Waals surface area contributed by atoms with Crippen LogP contribution in [0.4, 0.5) is 5.69 Å². The van der Waals surface area contributed by atoms with Gasteiger partial charge in [-0.3, -0.25) is 10.8 Å². The maximum Gasteiger partial charge on any atom is 0.201 e. The molecule has 0 atom stereocenters. The van der Waals surface area contributed by atoms with Crippen molar-refractivity contribution in [3.8, 4) is 16.6 Å². The zero-order valence-corrected chi connectivity index (χ0v) is 13.7. The number of rotatable bonds is 4. The summed E-state index contributed by atoms with van der Waals surface area (Å²) in [5.74, 6) is -0.367. The van der Waals surface area contributed by atoms with Crippen LogP contribution in [0, 0.1) is 23.7 Å². The molecule has 2 aromatic carbocycles. The number of aryl methyl sites for hydroxylation is 1. The van der Waals surface area contributed by atoms with Crippen LogP contribution in [-0.4, -0.2) is 16.5 Å². The molecule has 0 aliphatic carbocycles. The topological polar surface area (TPSA) is 111 Å². The van der Waals surface area contributed by atoms with Crippen molar-refractivity contribution in [2.75, 3.05) is 5.43 Å². The van der Waals surface area contributed by atoms with Gasteiger partial charge < -0.3 is 5.73 Å². The van der Waals surface area contributed by atoms with E-state index in [2.05, 4.69) is 21.6 Å². The highest BCUT2D eigenvalue weighted by molar-refractivity contribution is 7.21. The van der Waals surface area contributed by atoms with Gasteiger partial charge in [0.1, 0.15) is 11.1 Å². The molecule has 24 heavy (non-hydrogen) atoms. The Labute approximate surface area is 142 Å². The lowest BCUT2D eigenvalue weighted by Gasteiger charge is -2.07. The Bertz CT molecular complexity index is 963. The van der Waals surface area contributed by atoms with Crippen molar-refractivity contribution < 1.29 is 0 Å². The predicted octanol–water partition coefficient (Wildman–Crippen LogP) is 3.50. The van der Waals surface area contributed by atoms with E-state index in [0.717, 1.165) is 32.0 Å². The molecule has 3 aromatic rings. The Hall–Kier alpha value is -3.24. The number of aromatic nitrogens is 1. The summed E-state index contributed by atoms with van der Waals surface area (Å²) in [4.78, 5) is 4.65. The van der Waals surface area contributed by atoms with Crippen LogP contribution < -0.4 is 11.2 Å². The summed E-state index contributed by atoms with van der Waals surface area (Å²) in [5.41, 5.74) is 11.6. The minimum atomic E-state index is -0.367. The van der Waals surface area contributed by atoms with Crippen molar-refractivity contribution in [1.82, 2.24) is 4.98 Å². The summed E-state index contributed by atoms with van der Waals surface area (Å²) in [6.07, 6.45) is 0. The largest absolute Gasteiger partial charge is 0.382 e. The Kier molecular flexibility index (Phi) is 4.22. The number of para-hydroxylation sites is 1. The summed E-state index contributed by atoms with van der Waals surface area (Å²) in [6.45, 7) is 1.94. The molecule has 118 valence electrons. The second kappa shape index (κ2) is 6.48. The molecule has 1 aromatic heterocycles. The highest BCUT2D eigenvalue weighted by Gasteiger charge is 2.08. The van der Waals surface area contributed by atoms with E-state index < -0.39 is 0 Å². The number of thiazole rings is 1. The SMILES string of the molecule is Cc1cc(-c2nc3ccccc3s2)ccc1N/N=C(\C#N)C(=N)N. The van der Waals surface area contributed by atoms with Gasteiger partial charge in [0.25, 0.3) is 0 Å². The lowest BCUT2D eigenvalue weighted by molar-refractivity contribution is 1.30. The van der Waals surface area contributed by atoms with E-state index in [9.17, 15) is 0 Å². The predicted molar refractivity (Wildman–Crippen MR) is 98.4 cm³/mol. The molecule has 4 N–H and O–H groups in total. The number of nitrogens with zero attached hydrogens (tertiary/aromatic N) is 3. The van der Waals surface area contributed by atoms with E-state index in [4.69, 9.17) is 16.4 Å². The standard InChI is InChI=1S/C17H14N6S/c1-10-8-11(17-21-13-4-2-3-5-15(13)24-17)6-7-12(10)22-23-14(9-18)16(19)20/h2-8,22H,1H3,(H3,19,20)/b23-14+. The van der Waals surface area contributed by atoms with Gasteiger partial charge in [0, 0.05) is 5.56 Å². The number of hydrogen-bond donors (Lipinski definition) is 3. The molecule has 0 amide bonds. The van der Waals surface area contributed by atoms with E-state index in [1.165, 1.54) is 0 Å². The normalized spacial score (nSPS) is 11.2. The molecular weight excluding hydrogens is 320 g/mol. The quantitative estimate of drug-likeness (QED) is 0.385. The van der Waals surface area contributed by atoms with Gasteiger partial charge in [-0.05, 0) is 42.8 Å². The lowest BCUT2D eigenvalue weighted by atomic mass is 10.1. The van der Waals surface area contributed by atoms with Crippen LogP contribution in [0.5, 0.6) is 0 Å². The third kappa shape index (κ3) is 3.09. The van der Waals surface area contributed by atoms with Gasteiger partial charge in [-0.1, -0.05) is 12.1 Å². The van der Waals surface area contributed by atoms with E-state index in [1.54, 1.807) is 17.4 Å². The molecule has 0 saturated heterocycles. The number of fused-ring (bicyclic) bond motifs is 1. The van der Waals surface area contributed by atoms with E-state index in [-0.39, 0.29) is 11.5 Å². The number of benzene rings is 2. The number of nitrogens with one attached hydrogen (secondary N) is 2. The molecule has 3 rings (SSSR count). The van der Waals surface area contributed by atoms with Gasteiger partial charge in [-0.25, -0.2) is 4.98 Å². The van der Waals surface area contributed by atoms with Crippen LogP contribution in [0.3, 0.4) is 0 Å². The van der Waals surface area contributed by atoms with Crippen molar-refractivity contribution in [2.24, 2.45) is 10.8 Å². The summed E-state index contributed by atoms with van der Waals surface area (Å²) in [6, 6.07) is 15.6. The monoisotopic (exact) mass is 334 g/mol. The van der Waals surface area contributed by atoms with Crippen LogP contribution in [0.1, 0.15) is 5.56 Å². The van der Waals surface area contributed by atoms with Crippen molar-refractivity contribution in [3.05, 3.63) is 48.0 Å². The maximum atomic E-state index is 8.86. The smallest absolute Gasteiger partial charge is 0.201 e. The van der Waals surface area contributed by atoms with E-state index in [1.807, 2.05) is 43.3 Å². The summed E-state index contributed by atoms with van der Waals surface area (Å²) in [5, 5.41) is 20.9.